The van der Waals surface area contributed by atoms with Gasteiger partial charge in [-0.15, -0.1) is 0 Å². The zero-order valence-corrected chi connectivity index (χ0v) is 16.1. The van der Waals surface area contributed by atoms with Crippen LogP contribution in [0.1, 0.15) is 17.5 Å². The Morgan fingerprint density at radius 2 is 1.96 bits per heavy atom. The first-order chi connectivity index (χ1) is 13.1. The van der Waals surface area contributed by atoms with E-state index in [0.717, 1.165) is 49.5 Å². The summed E-state index contributed by atoms with van der Waals surface area (Å²) in [6, 6.07) is 11.6. The second kappa shape index (κ2) is 9.37. The molecule has 0 spiro atoms. The van der Waals surface area contributed by atoms with Crippen molar-refractivity contribution < 1.29 is 9.53 Å². The first-order valence-electron chi connectivity index (χ1n) is 9.45. The number of benzene rings is 1. The van der Waals surface area contributed by atoms with Crippen molar-refractivity contribution in [2.45, 2.75) is 19.9 Å². The van der Waals surface area contributed by atoms with Crippen LogP contribution in [0.5, 0.6) is 5.75 Å². The first kappa shape index (κ1) is 19.2. The number of anilines is 1. The molecule has 1 N–H and O–H groups in total. The Morgan fingerprint density at radius 1 is 1.15 bits per heavy atom. The summed E-state index contributed by atoms with van der Waals surface area (Å²) >= 11 is 0. The molecule has 1 saturated heterocycles. The van der Waals surface area contributed by atoms with Gasteiger partial charge in [-0.1, -0.05) is 23.8 Å². The lowest BCUT2D eigenvalue weighted by atomic mass is 10.2. The molecule has 6 nitrogen and oxygen atoms in total. The summed E-state index contributed by atoms with van der Waals surface area (Å²) in [4.78, 5) is 21.4. The average Bonchev–Trinajstić information content (AvgIpc) is 2.90. The number of nitrogens with one attached hydrogen (secondary N) is 1. The van der Waals surface area contributed by atoms with Gasteiger partial charge in [0.25, 0.3) is 5.91 Å². The lowest BCUT2D eigenvalue weighted by Gasteiger charge is -2.24. The number of hydrogen-bond donors (Lipinski definition) is 1. The van der Waals surface area contributed by atoms with E-state index in [9.17, 15) is 4.79 Å². The number of likely N-dealkylation sites (N-methyl/N-ethyl adjacent to an activating group) is 1. The maximum atomic E-state index is 12.2. The maximum Gasteiger partial charge on any atom is 0.258 e. The second-order valence-corrected chi connectivity index (χ2v) is 7.01. The van der Waals surface area contributed by atoms with Crippen molar-refractivity contribution in [1.29, 1.82) is 0 Å². The molecule has 2 aromatic rings. The lowest BCUT2D eigenvalue weighted by molar-refractivity contribution is -0.123. The Balaban J connectivity index is 1.54. The van der Waals surface area contributed by atoms with Gasteiger partial charge in [-0.3, -0.25) is 4.79 Å². The molecule has 1 aliphatic rings. The maximum absolute atomic E-state index is 12.2. The third-order valence-corrected chi connectivity index (χ3v) is 4.75. The van der Waals surface area contributed by atoms with Gasteiger partial charge in [-0.25, -0.2) is 4.98 Å². The molecule has 0 radical (unpaired) electrons. The molecule has 27 heavy (non-hydrogen) atoms. The van der Waals surface area contributed by atoms with Crippen LogP contribution in [0.15, 0.2) is 42.6 Å². The largest absolute Gasteiger partial charge is 0.484 e. The van der Waals surface area contributed by atoms with Gasteiger partial charge in [0, 0.05) is 37.9 Å². The molecule has 1 amide bonds. The molecule has 0 unspecified atom stereocenters. The number of ether oxygens (including phenoxy) is 1. The van der Waals surface area contributed by atoms with Gasteiger partial charge in [-0.2, -0.15) is 0 Å². The van der Waals surface area contributed by atoms with Crippen molar-refractivity contribution in [3.8, 4) is 5.75 Å². The van der Waals surface area contributed by atoms with Gasteiger partial charge in [-0.05, 0) is 45.1 Å². The molecular formula is C21H28N4O2. The molecule has 6 heteroatoms. The summed E-state index contributed by atoms with van der Waals surface area (Å²) in [6.45, 7) is 6.53. The van der Waals surface area contributed by atoms with E-state index in [1.165, 1.54) is 0 Å². The van der Waals surface area contributed by atoms with Crippen LogP contribution in [-0.2, 0) is 11.3 Å². The summed E-state index contributed by atoms with van der Waals surface area (Å²) < 4.78 is 5.54. The quantitative estimate of drug-likeness (QED) is 0.847. The summed E-state index contributed by atoms with van der Waals surface area (Å²) in [5.41, 5.74) is 2.20. The normalized spacial score (nSPS) is 15.3. The second-order valence-electron chi connectivity index (χ2n) is 7.01. The average molecular weight is 368 g/mol. The number of aromatic nitrogens is 1. The highest BCUT2D eigenvalue weighted by molar-refractivity contribution is 5.77. The highest BCUT2D eigenvalue weighted by atomic mass is 16.5. The van der Waals surface area contributed by atoms with Crippen LogP contribution in [0.3, 0.4) is 0 Å². The molecule has 3 rings (SSSR count). The zero-order chi connectivity index (χ0) is 19.1. The van der Waals surface area contributed by atoms with E-state index in [0.29, 0.717) is 12.3 Å². The van der Waals surface area contributed by atoms with Crippen LogP contribution in [-0.4, -0.2) is 55.6 Å². The third-order valence-electron chi connectivity index (χ3n) is 4.75. The summed E-state index contributed by atoms with van der Waals surface area (Å²) in [5, 5.41) is 2.94. The van der Waals surface area contributed by atoms with Crippen LogP contribution in [0.2, 0.25) is 0 Å². The number of rotatable bonds is 6. The summed E-state index contributed by atoms with van der Waals surface area (Å²) in [6.07, 6.45) is 2.93. The molecule has 1 aliphatic heterocycles. The Labute approximate surface area is 161 Å². The fourth-order valence-corrected chi connectivity index (χ4v) is 3.14. The smallest absolute Gasteiger partial charge is 0.258 e. The van der Waals surface area contributed by atoms with E-state index in [4.69, 9.17) is 4.74 Å². The minimum absolute atomic E-state index is 0.00711. The van der Waals surface area contributed by atoms with Crippen molar-refractivity contribution in [3.05, 3.63) is 53.7 Å². The van der Waals surface area contributed by atoms with Gasteiger partial charge >= 0.3 is 0 Å². The number of hydrogen-bond acceptors (Lipinski definition) is 5. The Morgan fingerprint density at radius 3 is 2.78 bits per heavy atom. The molecule has 1 aromatic heterocycles. The standard InChI is InChI=1S/C21H28N4O2/c1-17-6-8-19(9-7-17)27-16-20(26)23-15-18-5-3-10-22-21(18)25-12-4-11-24(2)13-14-25/h3,5-10H,4,11-16H2,1-2H3,(H,23,26). The van der Waals surface area contributed by atoms with Gasteiger partial charge in [0.15, 0.2) is 6.61 Å². The van der Waals surface area contributed by atoms with Crippen LogP contribution in [0.25, 0.3) is 0 Å². The predicted molar refractivity (Wildman–Crippen MR) is 107 cm³/mol. The Bertz CT molecular complexity index is 748. The number of nitrogens with zero attached hydrogens (tertiary/aromatic N) is 3. The van der Waals surface area contributed by atoms with E-state index >= 15 is 0 Å². The van der Waals surface area contributed by atoms with E-state index in [1.54, 1.807) is 0 Å². The van der Waals surface area contributed by atoms with Gasteiger partial charge in [0.05, 0.1) is 0 Å². The van der Waals surface area contributed by atoms with Crippen LogP contribution < -0.4 is 15.0 Å². The van der Waals surface area contributed by atoms with Crippen molar-refractivity contribution in [3.63, 3.8) is 0 Å². The van der Waals surface area contributed by atoms with Gasteiger partial charge in [0.2, 0.25) is 0 Å². The van der Waals surface area contributed by atoms with Crippen molar-refractivity contribution in [2.75, 3.05) is 44.7 Å². The number of carbonyl (C=O) groups is 1. The van der Waals surface area contributed by atoms with E-state index < -0.39 is 0 Å². The molecule has 0 aliphatic carbocycles. The summed E-state index contributed by atoms with van der Waals surface area (Å²) in [7, 11) is 2.15. The molecule has 1 aromatic carbocycles. The fourth-order valence-electron chi connectivity index (χ4n) is 3.14. The van der Waals surface area contributed by atoms with Crippen molar-refractivity contribution in [1.82, 2.24) is 15.2 Å². The van der Waals surface area contributed by atoms with Gasteiger partial charge < -0.3 is 19.9 Å². The number of amides is 1. The lowest BCUT2D eigenvalue weighted by Crippen LogP contribution is -2.32. The number of pyridine rings is 1. The monoisotopic (exact) mass is 368 g/mol. The van der Waals surface area contributed by atoms with Crippen molar-refractivity contribution >= 4 is 11.7 Å². The highest BCUT2D eigenvalue weighted by Crippen LogP contribution is 2.19. The Kier molecular flexibility index (Phi) is 6.65. The minimum Gasteiger partial charge on any atom is -0.484 e. The minimum atomic E-state index is -0.138. The highest BCUT2D eigenvalue weighted by Gasteiger charge is 2.16. The zero-order valence-electron chi connectivity index (χ0n) is 16.1. The molecule has 1 fully saturated rings. The topological polar surface area (TPSA) is 57.7 Å². The third kappa shape index (κ3) is 5.69. The summed E-state index contributed by atoms with van der Waals surface area (Å²) in [5.74, 6) is 1.53. The molecule has 0 atom stereocenters. The van der Waals surface area contributed by atoms with E-state index in [2.05, 4.69) is 27.1 Å². The number of aryl methyl sites for hydroxylation is 1. The van der Waals surface area contributed by atoms with Crippen LogP contribution >= 0.6 is 0 Å². The molecule has 144 valence electrons. The van der Waals surface area contributed by atoms with Gasteiger partial charge in [0.1, 0.15) is 11.6 Å². The molecule has 2 heterocycles. The van der Waals surface area contributed by atoms with Crippen molar-refractivity contribution in [2.24, 2.45) is 0 Å². The molecular weight excluding hydrogens is 340 g/mol. The van der Waals surface area contributed by atoms with E-state index in [-0.39, 0.29) is 12.5 Å². The van der Waals surface area contributed by atoms with Crippen LogP contribution in [0.4, 0.5) is 5.82 Å². The number of carbonyl (C=O) groups excluding carboxylic acids is 1. The molecule has 0 saturated carbocycles. The first-order valence-corrected chi connectivity index (χ1v) is 9.45. The molecule has 0 bridgehead atoms. The predicted octanol–water partition coefficient (Wildman–Crippen LogP) is 2.23. The fraction of sp³-hybridized carbons (Fsp3) is 0.429. The van der Waals surface area contributed by atoms with E-state index in [1.807, 2.05) is 49.5 Å². The SMILES string of the molecule is Cc1ccc(OCC(=O)NCc2cccnc2N2CCCN(C)CC2)cc1. The van der Waals surface area contributed by atoms with Crippen LogP contribution in [0, 0.1) is 6.92 Å². The Hall–Kier alpha value is -2.60.